The number of halogens is 1. The molecule has 8 heteroatoms. The quantitative estimate of drug-likeness (QED) is 0.223. The van der Waals surface area contributed by atoms with Gasteiger partial charge in [0.05, 0.1) is 13.2 Å². The predicted molar refractivity (Wildman–Crippen MR) is 108 cm³/mol. The normalized spacial score (nSPS) is 11.1. The Morgan fingerprint density at radius 2 is 2.04 bits per heavy atom. The van der Waals surface area contributed by atoms with E-state index in [1.165, 1.54) is 0 Å². The smallest absolute Gasteiger partial charge is 0.251 e. The lowest BCUT2D eigenvalue weighted by Crippen LogP contribution is -2.34. The molecule has 7 nitrogen and oxygen atoms in total. The Bertz CT molecular complexity index is 523. The zero-order valence-corrected chi connectivity index (χ0v) is 16.9. The van der Waals surface area contributed by atoms with Crippen molar-refractivity contribution in [1.29, 1.82) is 0 Å². The topological polar surface area (TPSA) is 92.0 Å². The summed E-state index contributed by atoms with van der Waals surface area (Å²) in [6, 6.07) is 7.39. The Balaban J connectivity index is 0.00000529. The zero-order valence-electron chi connectivity index (χ0n) is 14.5. The molecule has 0 aliphatic heterocycles. The third-order valence-corrected chi connectivity index (χ3v) is 3.08. The van der Waals surface area contributed by atoms with Crippen molar-refractivity contribution in [3.05, 3.63) is 35.4 Å². The van der Waals surface area contributed by atoms with Gasteiger partial charge in [-0.3, -0.25) is 4.79 Å². The Hall–Kier alpha value is -1.39. The van der Waals surface area contributed by atoms with Gasteiger partial charge in [0.25, 0.3) is 5.91 Å². The number of rotatable bonds is 9. The van der Waals surface area contributed by atoms with Gasteiger partial charge in [0.1, 0.15) is 0 Å². The van der Waals surface area contributed by atoms with E-state index in [-0.39, 0.29) is 29.9 Å². The fraction of sp³-hybridized carbons (Fsp3) is 0.500. The minimum atomic E-state index is -0.0797. The molecule has 0 aliphatic carbocycles. The minimum Gasteiger partial charge on any atom is -0.383 e. The highest BCUT2D eigenvalue weighted by molar-refractivity contribution is 14.0. The number of likely N-dealkylation sites (N-methyl/N-ethyl adjacent to an activating group) is 1. The number of nitrogens with two attached hydrogens (primary N) is 1. The van der Waals surface area contributed by atoms with Gasteiger partial charge in [-0.2, -0.15) is 0 Å². The summed E-state index contributed by atoms with van der Waals surface area (Å²) in [5, 5.41) is 5.84. The lowest BCUT2D eigenvalue weighted by molar-refractivity contribution is 0.0951. The Morgan fingerprint density at radius 3 is 2.71 bits per heavy atom. The van der Waals surface area contributed by atoms with Crippen molar-refractivity contribution in [1.82, 2.24) is 15.5 Å². The summed E-state index contributed by atoms with van der Waals surface area (Å²) in [6.07, 6.45) is 0. The minimum absolute atomic E-state index is 0. The molecule has 0 spiro atoms. The number of ether oxygens (including phenoxy) is 1. The molecular formula is C16H28IN5O2. The van der Waals surface area contributed by atoms with Crippen LogP contribution in [0.2, 0.25) is 0 Å². The van der Waals surface area contributed by atoms with E-state index >= 15 is 0 Å². The van der Waals surface area contributed by atoms with E-state index in [0.717, 1.165) is 12.1 Å². The number of nitrogens with one attached hydrogen (secondary N) is 2. The van der Waals surface area contributed by atoms with Gasteiger partial charge >= 0.3 is 0 Å². The van der Waals surface area contributed by atoms with Crippen LogP contribution in [0, 0.1) is 0 Å². The summed E-state index contributed by atoms with van der Waals surface area (Å²) in [5.41, 5.74) is 7.31. The lowest BCUT2D eigenvalue weighted by Gasteiger charge is -2.10. The third kappa shape index (κ3) is 9.68. The van der Waals surface area contributed by atoms with Crippen LogP contribution in [0.25, 0.3) is 0 Å². The van der Waals surface area contributed by atoms with E-state index in [2.05, 4.69) is 15.6 Å². The molecule has 0 aromatic heterocycles. The molecule has 136 valence electrons. The van der Waals surface area contributed by atoms with Crippen LogP contribution in [0.1, 0.15) is 15.9 Å². The number of carbonyl (C=O) groups excluding carboxylic acids is 1. The van der Waals surface area contributed by atoms with Gasteiger partial charge in [-0.15, -0.1) is 24.0 Å². The van der Waals surface area contributed by atoms with Crippen LogP contribution in [0.5, 0.6) is 0 Å². The number of methoxy groups -OCH3 is 1. The molecule has 1 amide bonds. The van der Waals surface area contributed by atoms with Crippen LogP contribution < -0.4 is 16.4 Å². The Morgan fingerprint density at radius 1 is 1.29 bits per heavy atom. The summed E-state index contributed by atoms with van der Waals surface area (Å²) in [7, 11) is 5.57. The number of aliphatic imine (C=N–C) groups is 1. The number of hydrogen-bond acceptors (Lipinski definition) is 4. The van der Waals surface area contributed by atoms with Crippen LogP contribution in [-0.2, 0) is 11.3 Å². The number of carbonyl (C=O) groups is 1. The van der Waals surface area contributed by atoms with E-state index in [1.54, 1.807) is 13.2 Å². The van der Waals surface area contributed by atoms with Gasteiger partial charge in [0.15, 0.2) is 5.96 Å². The van der Waals surface area contributed by atoms with Crippen molar-refractivity contribution in [3.8, 4) is 0 Å². The molecule has 4 N–H and O–H groups in total. The van der Waals surface area contributed by atoms with Gasteiger partial charge in [-0.1, -0.05) is 12.1 Å². The highest BCUT2D eigenvalue weighted by Crippen LogP contribution is 2.06. The molecule has 0 heterocycles. The van der Waals surface area contributed by atoms with Crippen molar-refractivity contribution in [3.63, 3.8) is 0 Å². The standard InChI is InChI=1S/C16H27N5O2.HI/c1-21(2)9-7-18-15(22)14-6-4-5-13(11-14)12-20-16(17)19-8-10-23-3;/h4-6,11H,7-10,12H2,1-3H3,(H,18,22)(H3,17,19,20);1H. The Kier molecular flexibility index (Phi) is 12.2. The van der Waals surface area contributed by atoms with Crippen LogP contribution in [0.15, 0.2) is 29.3 Å². The number of guanidine groups is 1. The molecule has 24 heavy (non-hydrogen) atoms. The second-order valence-corrected chi connectivity index (χ2v) is 5.38. The van der Waals surface area contributed by atoms with Gasteiger partial charge in [0, 0.05) is 32.3 Å². The number of hydrogen-bond donors (Lipinski definition) is 3. The molecule has 0 bridgehead atoms. The first-order chi connectivity index (χ1) is 11.0. The maximum atomic E-state index is 12.1. The van der Waals surface area contributed by atoms with Crippen molar-refractivity contribution in [2.45, 2.75) is 6.54 Å². The molecule has 0 fully saturated rings. The molecule has 0 unspecified atom stereocenters. The lowest BCUT2D eigenvalue weighted by atomic mass is 10.1. The maximum absolute atomic E-state index is 12.1. The van der Waals surface area contributed by atoms with Crippen LogP contribution >= 0.6 is 24.0 Å². The largest absolute Gasteiger partial charge is 0.383 e. The summed E-state index contributed by atoms with van der Waals surface area (Å²) in [4.78, 5) is 18.3. The molecule has 1 aromatic rings. The molecule has 1 aromatic carbocycles. The number of nitrogens with zero attached hydrogens (tertiary/aromatic N) is 2. The van der Waals surface area contributed by atoms with Crippen molar-refractivity contribution in [2.75, 3.05) is 47.4 Å². The second-order valence-electron chi connectivity index (χ2n) is 5.38. The number of amides is 1. The van der Waals surface area contributed by atoms with E-state index < -0.39 is 0 Å². The van der Waals surface area contributed by atoms with Gasteiger partial charge in [-0.25, -0.2) is 4.99 Å². The van der Waals surface area contributed by atoms with Crippen LogP contribution in [0.4, 0.5) is 0 Å². The molecule has 0 saturated heterocycles. The van der Waals surface area contributed by atoms with Crippen LogP contribution in [-0.4, -0.2) is 64.2 Å². The second kappa shape index (κ2) is 13.0. The first kappa shape index (κ1) is 22.6. The molecule has 0 saturated carbocycles. The first-order valence-corrected chi connectivity index (χ1v) is 7.57. The summed E-state index contributed by atoms with van der Waals surface area (Å²) < 4.78 is 4.92. The van der Waals surface area contributed by atoms with Gasteiger partial charge < -0.3 is 26.0 Å². The SMILES string of the molecule is COCCNC(N)=NCc1cccc(C(=O)NCCN(C)C)c1.I. The highest BCUT2D eigenvalue weighted by atomic mass is 127. The summed E-state index contributed by atoms with van der Waals surface area (Å²) in [6.45, 7) is 3.02. The molecule has 0 radical (unpaired) electrons. The fourth-order valence-corrected chi connectivity index (χ4v) is 1.82. The van der Waals surface area contributed by atoms with Crippen molar-refractivity contribution >= 4 is 35.8 Å². The van der Waals surface area contributed by atoms with Crippen LogP contribution in [0.3, 0.4) is 0 Å². The first-order valence-electron chi connectivity index (χ1n) is 7.57. The molecule has 1 rings (SSSR count). The third-order valence-electron chi connectivity index (χ3n) is 3.08. The van der Waals surface area contributed by atoms with E-state index in [1.807, 2.05) is 37.2 Å². The zero-order chi connectivity index (χ0) is 17.1. The van der Waals surface area contributed by atoms with Gasteiger partial charge in [-0.05, 0) is 31.8 Å². The molecular weight excluding hydrogens is 421 g/mol. The summed E-state index contributed by atoms with van der Waals surface area (Å²) >= 11 is 0. The molecule has 0 atom stereocenters. The highest BCUT2D eigenvalue weighted by Gasteiger charge is 2.05. The van der Waals surface area contributed by atoms with E-state index in [0.29, 0.717) is 37.8 Å². The fourth-order valence-electron chi connectivity index (χ4n) is 1.82. The number of benzene rings is 1. The van der Waals surface area contributed by atoms with E-state index in [9.17, 15) is 4.79 Å². The predicted octanol–water partition coefficient (Wildman–Crippen LogP) is 0.647. The monoisotopic (exact) mass is 449 g/mol. The summed E-state index contributed by atoms with van der Waals surface area (Å²) in [5.74, 6) is 0.284. The Labute approximate surface area is 161 Å². The van der Waals surface area contributed by atoms with Crippen molar-refractivity contribution < 1.29 is 9.53 Å². The average Bonchev–Trinajstić information content (AvgIpc) is 2.53. The maximum Gasteiger partial charge on any atom is 0.251 e. The average molecular weight is 449 g/mol. The van der Waals surface area contributed by atoms with Gasteiger partial charge in [0.2, 0.25) is 0 Å². The van der Waals surface area contributed by atoms with Crippen molar-refractivity contribution in [2.24, 2.45) is 10.7 Å². The molecule has 0 aliphatic rings. The van der Waals surface area contributed by atoms with E-state index in [4.69, 9.17) is 10.5 Å².